The molecule has 0 aliphatic heterocycles. The van der Waals surface area contributed by atoms with E-state index in [0.29, 0.717) is 11.5 Å². The van der Waals surface area contributed by atoms with Gasteiger partial charge in [0.2, 0.25) is 0 Å². The zero-order valence-corrected chi connectivity index (χ0v) is 16.4. The third-order valence-corrected chi connectivity index (χ3v) is 4.55. The molecule has 0 atom stereocenters. The molecule has 144 valence electrons. The molecule has 26 heavy (non-hydrogen) atoms. The van der Waals surface area contributed by atoms with Gasteiger partial charge in [0.05, 0.1) is 0 Å². The summed E-state index contributed by atoms with van der Waals surface area (Å²) in [7, 11) is 0. The predicted molar refractivity (Wildman–Crippen MR) is 112 cm³/mol. The lowest BCUT2D eigenvalue weighted by Gasteiger charge is -2.04. The first-order valence-corrected chi connectivity index (χ1v) is 10.2. The van der Waals surface area contributed by atoms with Gasteiger partial charge in [-0.15, -0.1) is 0 Å². The van der Waals surface area contributed by atoms with Gasteiger partial charge in [0, 0.05) is 0 Å². The Balaban J connectivity index is 0.000000401. The van der Waals surface area contributed by atoms with Crippen LogP contribution in [0.5, 0.6) is 11.5 Å². The number of phenols is 2. The summed E-state index contributed by atoms with van der Waals surface area (Å²) in [6, 6.07) is 16.4. The molecule has 0 heterocycles. The highest BCUT2D eigenvalue weighted by Gasteiger charge is 1.99. The molecule has 2 nitrogen and oxygen atoms in total. The SMILES string of the molecule is CCCCCCCCCCCCc1ccccc1O.Oc1ccccc1. The van der Waals surface area contributed by atoms with Gasteiger partial charge in [-0.05, 0) is 36.6 Å². The largest absolute Gasteiger partial charge is 0.508 e. The van der Waals surface area contributed by atoms with Crippen LogP contribution in [0.1, 0.15) is 76.7 Å². The first-order chi connectivity index (χ1) is 12.7. The van der Waals surface area contributed by atoms with Crippen molar-refractivity contribution in [2.45, 2.75) is 77.6 Å². The fourth-order valence-electron chi connectivity index (χ4n) is 2.95. The zero-order chi connectivity index (χ0) is 18.9. The number of rotatable bonds is 11. The fourth-order valence-corrected chi connectivity index (χ4v) is 2.95. The fraction of sp³-hybridized carbons (Fsp3) is 0.500. The summed E-state index contributed by atoms with van der Waals surface area (Å²) < 4.78 is 0. The maximum Gasteiger partial charge on any atom is 0.118 e. The van der Waals surface area contributed by atoms with Crippen molar-refractivity contribution in [2.75, 3.05) is 0 Å². The minimum Gasteiger partial charge on any atom is -0.508 e. The summed E-state index contributed by atoms with van der Waals surface area (Å²) in [6.07, 6.45) is 14.6. The first-order valence-electron chi connectivity index (χ1n) is 10.2. The molecule has 0 bridgehead atoms. The normalized spacial score (nSPS) is 10.2. The molecule has 0 saturated carbocycles. The lowest BCUT2D eigenvalue weighted by molar-refractivity contribution is 0.466. The van der Waals surface area contributed by atoms with Crippen molar-refractivity contribution in [2.24, 2.45) is 0 Å². The molecular weight excluding hydrogens is 320 g/mol. The van der Waals surface area contributed by atoms with Crippen LogP contribution >= 0.6 is 0 Å². The van der Waals surface area contributed by atoms with Crippen LogP contribution in [0.2, 0.25) is 0 Å². The molecule has 0 amide bonds. The lowest BCUT2D eigenvalue weighted by atomic mass is 10.0. The van der Waals surface area contributed by atoms with Gasteiger partial charge in [-0.2, -0.15) is 0 Å². The maximum atomic E-state index is 9.65. The Morgan fingerprint density at radius 1 is 0.577 bits per heavy atom. The Kier molecular flexibility index (Phi) is 13.0. The van der Waals surface area contributed by atoms with Gasteiger partial charge < -0.3 is 10.2 Å². The molecule has 2 aromatic rings. The van der Waals surface area contributed by atoms with E-state index < -0.39 is 0 Å². The third kappa shape index (κ3) is 11.6. The van der Waals surface area contributed by atoms with Crippen LogP contribution in [-0.2, 0) is 6.42 Å². The summed E-state index contributed by atoms with van der Waals surface area (Å²) in [5.41, 5.74) is 1.10. The predicted octanol–water partition coefficient (Wildman–Crippen LogP) is 7.25. The van der Waals surface area contributed by atoms with E-state index in [-0.39, 0.29) is 0 Å². The van der Waals surface area contributed by atoms with Crippen molar-refractivity contribution in [3.63, 3.8) is 0 Å². The first kappa shape index (κ1) is 22.1. The number of hydrogen-bond donors (Lipinski definition) is 2. The highest BCUT2D eigenvalue weighted by Crippen LogP contribution is 2.19. The number of para-hydroxylation sites is 2. The Bertz CT molecular complexity index is 551. The maximum absolute atomic E-state index is 9.65. The number of aryl methyl sites for hydroxylation is 1. The topological polar surface area (TPSA) is 40.5 Å². The van der Waals surface area contributed by atoms with Crippen molar-refractivity contribution in [3.8, 4) is 11.5 Å². The Morgan fingerprint density at radius 2 is 1.08 bits per heavy atom. The number of phenolic OH excluding ortho intramolecular Hbond substituents is 2. The molecule has 0 fully saturated rings. The van der Waals surface area contributed by atoms with E-state index in [1.54, 1.807) is 30.3 Å². The van der Waals surface area contributed by atoms with Crippen molar-refractivity contribution >= 4 is 0 Å². The molecular formula is C24H36O2. The molecule has 0 unspecified atom stereocenters. The lowest BCUT2D eigenvalue weighted by Crippen LogP contribution is -1.87. The molecule has 0 radical (unpaired) electrons. The average molecular weight is 357 g/mol. The van der Waals surface area contributed by atoms with E-state index in [4.69, 9.17) is 5.11 Å². The molecule has 0 aliphatic carbocycles. The van der Waals surface area contributed by atoms with Gasteiger partial charge in [0.25, 0.3) is 0 Å². The van der Waals surface area contributed by atoms with Crippen LogP contribution in [0.4, 0.5) is 0 Å². The Morgan fingerprint density at radius 3 is 1.58 bits per heavy atom. The Labute approximate surface area is 159 Å². The van der Waals surface area contributed by atoms with E-state index in [9.17, 15) is 5.11 Å². The second-order valence-electron chi connectivity index (χ2n) is 6.90. The highest BCUT2D eigenvalue weighted by atomic mass is 16.3. The summed E-state index contributed by atoms with van der Waals surface area (Å²) in [5.74, 6) is 0.779. The molecule has 2 aromatic carbocycles. The van der Waals surface area contributed by atoms with Crippen LogP contribution in [0.15, 0.2) is 54.6 Å². The minimum atomic E-state index is 0.322. The summed E-state index contributed by atoms with van der Waals surface area (Å²) in [5, 5.41) is 18.3. The standard InChI is InChI=1S/C18H30O.C6H6O/c1-2-3-4-5-6-7-8-9-10-11-14-17-15-12-13-16-18(17)19;7-6-4-2-1-3-5-6/h12-13,15-16,19H,2-11,14H2,1H3;1-5,7H. The van der Waals surface area contributed by atoms with Gasteiger partial charge in [-0.3, -0.25) is 0 Å². The molecule has 0 spiro atoms. The average Bonchev–Trinajstić information content (AvgIpc) is 2.66. The zero-order valence-electron chi connectivity index (χ0n) is 16.4. The number of hydrogen-bond acceptors (Lipinski definition) is 2. The van der Waals surface area contributed by atoms with E-state index >= 15 is 0 Å². The monoisotopic (exact) mass is 356 g/mol. The number of aromatic hydroxyl groups is 2. The van der Waals surface area contributed by atoms with E-state index in [2.05, 4.69) is 6.92 Å². The second kappa shape index (κ2) is 15.3. The second-order valence-corrected chi connectivity index (χ2v) is 6.90. The molecule has 2 heteroatoms. The summed E-state index contributed by atoms with van der Waals surface area (Å²) >= 11 is 0. The number of unbranched alkanes of at least 4 members (excludes halogenated alkanes) is 9. The molecule has 0 aliphatic rings. The van der Waals surface area contributed by atoms with Crippen LogP contribution in [0.25, 0.3) is 0 Å². The Hall–Kier alpha value is -1.96. The van der Waals surface area contributed by atoms with Crippen molar-refractivity contribution in [1.29, 1.82) is 0 Å². The van der Waals surface area contributed by atoms with E-state index in [1.807, 2.05) is 24.3 Å². The third-order valence-electron chi connectivity index (χ3n) is 4.55. The van der Waals surface area contributed by atoms with Crippen LogP contribution in [-0.4, -0.2) is 10.2 Å². The van der Waals surface area contributed by atoms with Crippen molar-refractivity contribution in [1.82, 2.24) is 0 Å². The highest BCUT2D eigenvalue weighted by molar-refractivity contribution is 5.31. The van der Waals surface area contributed by atoms with E-state index in [1.165, 1.54) is 64.2 Å². The van der Waals surface area contributed by atoms with Crippen molar-refractivity contribution < 1.29 is 10.2 Å². The van der Waals surface area contributed by atoms with Gasteiger partial charge in [0.15, 0.2) is 0 Å². The van der Waals surface area contributed by atoms with Gasteiger partial charge in [-0.1, -0.05) is 101 Å². The van der Waals surface area contributed by atoms with Crippen LogP contribution in [0.3, 0.4) is 0 Å². The van der Waals surface area contributed by atoms with Crippen LogP contribution in [0, 0.1) is 0 Å². The molecule has 2 N–H and O–H groups in total. The van der Waals surface area contributed by atoms with Gasteiger partial charge in [0.1, 0.15) is 11.5 Å². The molecule has 0 aromatic heterocycles. The molecule has 2 rings (SSSR count). The summed E-state index contributed by atoms with van der Waals surface area (Å²) in [6.45, 7) is 2.27. The van der Waals surface area contributed by atoms with E-state index in [0.717, 1.165) is 12.0 Å². The van der Waals surface area contributed by atoms with Crippen molar-refractivity contribution in [3.05, 3.63) is 60.2 Å². The summed E-state index contributed by atoms with van der Waals surface area (Å²) in [4.78, 5) is 0. The molecule has 0 saturated heterocycles. The smallest absolute Gasteiger partial charge is 0.118 e. The number of benzene rings is 2. The van der Waals surface area contributed by atoms with Crippen LogP contribution < -0.4 is 0 Å². The van der Waals surface area contributed by atoms with Gasteiger partial charge >= 0.3 is 0 Å². The minimum absolute atomic E-state index is 0.322. The quantitative estimate of drug-likeness (QED) is 0.416. The van der Waals surface area contributed by atoms with Gasteiger partial charge in [-0.25, -0.2) is 0 Å².